The number of amides is 1. The Hall–Kier alpha value is -1.75. The summed E-state index contributed by atoms with van der Waals surface area (Å²) >= 11 is 4.35. The van der Waals surface area contributed by atoms with Gasteiger partial charge in [-0.15, -0.1) is 0 Å². The molecule has 5 heteroatoms. The second-order valence-electron chi connectivity index (χ2n) is 4.40. The summed E-state index contributed by atoms with van der Waals surface area (Å²) < 4.78 is 1.71. The Bertz CT molecular complexity index is 539. The zero-order valence-electron chi connectivity index (χ0n) is 10.8. The molecule has 2 aromatic rings. The van der Waals surface area contributed by atoms with Gasteiger partial charge < -0.3 is 5.32 Å². The van der Waals surface area contributed by atoms with E-state index in [4.69, 9.17) is 0 Å². The first-order valence-electron chi connectivity index (χ1n) is 6.13. The Morgan fingerprint density at radius 1 is 1.37 bits per heavy atom. The number of benzene rings is 1. The van der Waals surface area contributed by atoms with Gasteiger partial charge in [0.15, 0.2) is 0 Å². The first-order chi connectivity index (χ1) is 9.15. The van der Waals surface area contributed by atoms with Gasteiger partial charge in [-0.05, 0) is 18.1 Å². The van der Waals surface area contributed by atoms with E-state index < -0.39 is 0 Å². The highest BCUT2D eigenvalue weighted by molar-refractivity contribution is 7.81. The highest BCUT2D eigenvalue weighted by Gasteiger charge is 2.14. The third-order valence-corrected chi connectivity index (χ3v) is 3.20. The number of nitrogens with one attached hydrogen (secondary N) is 1. The van der Waals surface area contributed by atoms with Gasteiger partial charge >= 0.3 is 0 Å². The summed E-state index contributed by atoms with van der Waals surface area (Å²) in [5.74, 6) is -0.0714. The molecule has 4 nitrogen and oxygen atoms in total. The van der Waals surface area contributed by atoms with Crippen LogP contribution in [-0.4, -0.2) is 20.9 Å². The van der Waals surface area contributed by atoms with Gasteiger partial charge in [-0.2, -0.15) is 17.7 Å². The van der Waals surface area contributed by atoms with E-state index in [2.05, 4.69) is 23.0 Å². The van der Waals surface area contributed by atoms with Crippen LogP contribution in [0.25, 0.3) is 0 Å². The topological polar surface area (TPSA) is 46.9 Å². The predicted molar refractivity (Wildman–Crippen MR) is 78.0 cm³/mol. The monoisotopic (exact) mass is 275 g/mol. The van der Waals surface area contributed by atoms with Crippen LogP contribution in [0.2, 0.25) is 0 Å². The lowest BCUT2D eigenvalue weighted by Gasteiger charge is -2.10. The molecule has 0 aliphatic carbocycles. The highest BCUT2D eigenvalue weighted by atomic mass is 32.1. The number of aromatic nitrogens is 2. The quantitative estimate of drug-likeness (QED) is 0.814. The Morgan fingerprint density at radius 2 is 2.11 bits per heavy atom. The summed E-state index contributed by atoms with van der Waals surface area (Å²) in [5.41, 5.74) is 1.95. The molecule has 1 heterocycles. The van der Waals surface area contributed by atoms with E-state index in [1.807, 2.05) is 49.6 Å². The Kier molecular flexibility index (Phi) is 4.63. The van der Waals surface area contributed by atoms with Gasteiger partial charge in [0.1, 0.15) is 0 Å². The maximum absolute atomic E-state index is 11.9. The molecule has 0 fully saturated rings. The van der Waals surface area contributed by atoms with Gasteiger partial charge in [0, 0.05) is 13.2 Å². The minimum Gasteiger partial charge on any atom is -0.349 e. The van der Waals surface area contributed by atoms with Gasteiger partial charge in [-0.3, -0.25) is 9.48 Å². The number of hydrogen-bond acceptors (Lipinski definition) is 3. The van der Waals surface area contributed by atoms with Crippen LogP contribution in [0.3, 0.4) is 0 Å². The molecule has 0 radical (unpaired) electrons. The minimum atomic E-state index is -0.342. The summed E-state index contributed by atoms with van der Waals surface area (Å²) in [6, 6.07) is 11.7. The third-order valence-electron chi connectivity index (χ3n) is 2.79. The number of nitrogens with zero attached hydrogens (tertiary/aromatic N) is 2. The lowest BCUT2D eigenvalue weighted by Crippen LogP contribution is -2.32. The second-order valence-corrected chi connectivity index (χ2v) is 5.03. The fraction of sp³-hybridized carbons (Fsp3) is 0.286. The molecule has 1 aromatic carbocycles. The van der Waals surface area contributed by atoms with Crippen molar-refractivity contribution in [2.75, 3.05) is 0 Å². The maximum Gasteiger partial charge on any atom is 0.233 e. The van der Waals surface area contributed by atoms with Crippen LogP contribution in [0.15, 0.2) is 42.6 Å². The average Bonchev–Trinajstić information content (AvgIpc) is 2.83. The van der Waals surface area contributed by atoms with Crippen LogP contribution in [-0.2, 0) is 24.8 Å². The molecule has 0 aliphatic heterocycles. The Morgan fingerprint density at radius 3 is 2.74 bits per heavy atom. The predicted octanol–water partition coefficient (Wildman–Crippen LogP) is 1.58. The van der Waals surface area contributed by atoms with Gasteiger partial charge in [-0.25, -0.2) is 0 Å². The van der Waals surface area contributed by atoms with Crippen molar-refractivity contribution in [3.8, 4) is 0 Å². The molecular formula is C14H17N3OS. The number of carbonyl (C=O) groups excluding carboxylic acids is 1. The number of carbonyl (C=O) groups is 1. The maximum atomic E-state index is 11.9. The fourth-order valence-corrected chi connectivity index (χ4v) is 2.09. The van der Waals surface area contributed by atoms with Crippen LogP contribution in [0.4, 0.5) is 0 Å². The molecule has 0 spiro atoms. The lowest BCUT2D eigenvalue weighted by atomic mass is 10.1. The van der Waals surface area contributed by atoms with Crippen LogP contribution in [0, 0.1) is 0 Å². The van der Waals surface area contributed by atoms with Crippen LogP contribution >= 0.6 is 12.6 Å². The van der Waals surface area contributed by atoms with E-state index in [9.17, 15) is 4.79 Å². The normalized spacial score (nSPS) is 12.1. The molecule has 1 aromatic heterocycles. The first kappa shape index (κ1) is 13.7. The van der Waals surface area contributed by atoms with Gasteiger partial charge in [0.2, 0.25) is 5.91 Å². The number of hydrogen-bond donors (Lipinski definition) is 2. The number of aryl methyl sites for hydroxylation is 1. The van der Waals surface area contributed by atoms with E-state index in [1.165, 1.54) is 0 Å². The smallest absolute Gasteiger partial charge is 0.233 e. The number of rotatable bonds is 5. The Labute approximate surface area is 118 Å². The van der Waals surface area contributed by atoms with E-state index >= 15 is 0 Å². The van der Waals surface area contributed by atoms with Crippen LogP contribution in [0.1, 0.15) is 11.3 Å². The molecule has 0 saturated carbocycles. The molecule has 0 aliphatic rings. The Balaban J connectivity index is 1.82. The summed E-state index contributed by atoms with van der Waals surface area (Å²) in [4.78, 5) is 11.9. The third kappa shape index (κ3) is 4.13. The molecule has 100 valence electrons. The first-order valence-corrected chi connectivity index (χ1v) is 6.65. The largest absolute Gasteiger partial charge is 0.349 e. The highest BCUT2D eigenvalue weighted by Crippen LogP contribution is 2.08. The van der Waals surface area contributed by atoms with E-state index in [0.29, 0.717) is 13.0 Å². The molecule has 1 unspecified atom stereocenters. The molecular weight excluding hydrogens is 258 g/mol. The van der Waals surface area contributed by atoms with Gasteiger partial charge in [0.25, 0.3) is 0 Å². The van der Waals surface area contributed by atoms with Crippen LogP contribution in [0.5, 0.6) is 0 Å². The fourth-order valence-electron chi connectivity index (χ4n) is 1.78. The lowest BCUT2D eigenvalue weighted by molar-refractivity contribution is -0.120. The van der Waals surface area contributed by atoms with Crippen molar-refractivity contribution in [1.82, 2.24) is 15.1 Å². The SMILES string of the molecule is Cn1ccc(CNC(=O)C(S)Cc2ccccc2)n1. The van der Waals surface area contributed by atoms with Crippen molar-refractivity contribution in [3.05, 3.63) is 53.9 Å². The molecule has 1 atom stereocenters. The zero-order valence-corrected chi connectivity index (χ0v) is 11.7. The summed E-state index contributed by atoms with van der Waals surface area (Å²) in [6.45, 7) is 0.436. The molecule has 1 N–H and O–H groups in total. The van der Waals surface area contributed by atoms with Crippen molar-refractivity contribution < 1.29 is 4.79 Å². The average molecular weight is 275 g/mol. The van der Waals surface area contributed by atoms with E-state index in [0.717, 1.165) is 11.3 Å². The van der Waals surface area contributed by atoms with Crippen LogP contribution < -0.4 is 5.32 Å². The van der Waals surface area contributed by atoms with Crippen molar-refractivity contribution in [2.45, 2.75) is 18.2 Å². The standard InChI is InChI=1S/C14H17N3OS/c1-17-8-7-12(16-17)10-15-14(18)13(19)9-11-5-3-2-4-6-11/h2-8,13,19H,9-10H2,1H3,(H,15,18). The van der Waals surface area contributed by atoms with Gasteiger partial charge in [-0.1, -0.05) is 30.3 Å². The summed E-state index contributed by atoms with van der Waals surface area (Å²) in [6.07, 6.45) is 2.47. The molecule has 0 saturated heterocycles. The number of thiol groups is 1. The molecule has 2 rings (SSSR count). The van der Waals surface area contributed by atoms with Crippen molar-refractivity contribution in [3.63, 3.8) is 0 Å². The molecule has 1 amide bonds. The second kappa shape index (κ2) is 6.43. The summed E-state index contributed by atoms with van der Waals surface area (Å²) in [5, 5.41) is 6.70. The van der Waals surface area contributed by atoms with Crippen molar-refractivity contribution >= 4 is 18.5 Å². The molecule has 19 heavy (non-hydrogen) atoms. The zero-order chi connectivity index (χ0) is 13.7. The molecule has 0 bridgehead atoms. The van der Waals surface area contributed by atoms with Crippen molar-refractivity contribution in [2.24, 2.45) is 7.05 Å². The summed E-state index contributed by atoms with van der Waals surface area (Å²) in [7, 11) is 1.85. The van der Waals surface area contributed by atoms with E-state index in [-0.39, 0.29) is 11.2 Å². The minimum absolute atomic E-state index is 0.0714. The van der Waals surface area contributed by atoms with Crippen molar-refractivity contribution in [1.29, 1.82) is 0 Å². The van der Waals surface area contributed by atoms with Gasteiger partial charge in [0.05, 0.1) is 17.5 Å². The van der Waals surface area contributed by atoms with E-state index in [1.54, 1.807) is 4.68 Å².